The Kier molecular flexibility index (Phi) is 5.99. The van der Waals surface area contributed by atoms with Crippen LogP contribution in [0.2, 0.25) is 0 Å². The molecule has 0 bridgehead atoms. The number of hydrogen-bond acceptors (Lipinski definition) is 4. The molecule has 2 aromatic carbocycles. The molecule has 2 aliphatic heterocycles. The maximum absolute atomic E-state index is 13.4. The molecule has 2 amide bonds. The molecular weight excluding hydrogens is 414 g/mol. The standard InChI is InChI=1S/C27H29N3O3/c1-19-8-10-20(11-9-19)24-18-28-25(33-24)22-6-2-3-7-23(22)27(32)30-16-12-21(13-17-30)26(31)29-14-4-5-15-29/h2-3,6-11,18,21H,4-5,12-17H2,1H3. The van der Waals surface area contributed by atoms with Gasteiger partial charge in [-0.05, 0) is 44.7 Å². The summed E-state index contributed by atoms with van der Waals surface area (Å²) in [4.78, 5) is 34.4. The molecule has 33 heavy (non-hydrogen) atoms. The van der Waals surface area contributed by atoms with E-state index in [4.69, 9.17) is 4.42 Å². The fraction of sp³-hybridized carbons (Fsp3) is 0.370. The number of aryl methyl sites for hydroxylation is 1. The molecule has 2 fully saturated rings. The molecule has 0 unspecified atom stereocenters. The number of oxazole rings is 1. The first kappa shape index (κ1) is 21.4. The predicted molar refractivity (Wildman–Crippen MR) is 127 cm³/mol. The monoisotopic (exact) mass is 443 g/mol. The zero-order valence-electron chi connectivity index (χ0n) is 19.0. The minimum Gasteiger partial charge on any atom is -0.436 e. The van der Waals surface area contributed by atoms with Crippen LogP contribution >= 0.6 is 0 Å². The first-order valence-electron chi connectivity index (χ1n) is 11.8. The summed E-state index contributed by atoms with van der Waals surface area (Å²) < 4.78 is 6.05. The van der Waals surface area contributed by atoms with Crippen molar-refractivity contribution < 1.29 is 14.0 Å². The number of benzene rings is 2. The van der Waals surface area contributed by atoms with Crippen molar-refractivity contribution in [1.82, 2.24) is 14.8 Å². The average Bonchev–Trinajstić information content (AvgIpc) is 3.57. The van der Waals surface area contributed by atoms with Gasteiger partial charge in [-0.25, -0.2) is 4.98 Å². The maximum Gasteiger partial charge on any atom is 0.254 e. The lowest BCUT2D eigenvalue weighted by Gasteiger charge is -2.33. The topological polar surface area (TPSA) is 66.7 Å². The van der Waals surface area contributed by atoms with Gasteiger partial charge in [-0.15, -0.1) is 0 Å². The number of rotatable bonds is 4. The third-order valence-electron chi connectivity index (χ3n) is 6.78. The van der Waals surface area contributed by atoms with Crippen molar-refractivity contribution in [3.05, 3.63) is 65.9 Å². The normalized spacial score (nSPS) is 16.9. The van der Waals surface area contributed by atoms with Gasteiger partial charge in [-0.2, -0.15) is 0 Å². The third kappa shape index (κ3) is 4.42. The summed E-state index contributed by atoms with van der Waals surface area (Å²) in [6.07, 6.45) is 5.36. The number of aromatic nitrogens is 1. The van der Waals surface area contributed by atoms with Crippen LogP contribution in [0.4, 0.5) is 0 Å². The molecule has 170 valence electrons. The van der Waals surface area contributed by atoms with Crippen molar-refractivity contribution in [2.75, 3.05) is 26.2 Å². The van der Waals surface area contributed by atoms with Crippen LogP contribution in [0.25, 0.3) is 22.8 Å². The van der Waals surface area contributed by atoms with Gasteiger partial charge in [0.15, 0.2) is 5.76 Å². The quantitative estimate of drug-likeness (QED) is 0.581. The second-order valence-corrected chi connectivity index (χ2v) is 9.04. The van der Waals surface area contributed by atoms with Crippen LogP contribution < -0.4 is 0 Å². The van der Waals surface area contributed by atoms with Crippen LogP contribution in [0.5, 0.6) is 0 Å². The van der Waals surface area contributed by atoms with Crippen LogP contribution in [-0.2, 0) is 4.79 Å². The van der Waals surface area contributed by atoms with Crippen LogP contribution in [-0.4, -0.2) is 52.8 Å². The van der Waals surface area contributed by atoms with Crippen molar-refractivity contribution in [3.63, 3.8) is 0 Å². The second kappa shape index (κ2) is 9.22. The highest BCUT2D eigenvalue weighted by molar-refractivity contribution is 6.00. The van der Waals surface area contributed by atoms with Gasteiger partial charge >= 0.3 is 0 Å². The molecule has 3 heterocycles. The van der Waals surface area contributed by atoms with E-state index in [0.717, 1.165) is 44.3 Å². The lowest BCUT2D eigenvalue weighted by molar-refractivity contribution is -0.135. The molecule has 1 aromatic heterocycles. The Morgan fingerprint density at radius 2 is 1.61 bits per heavy atom. The van der Waals surface area contributed by atoms with Crippen molar-refractivity contribution >= 4 is 11.8 Å². The summed E-state index contributed by atoms with van der Waals surface area (Å²) in [5.41, 5.74) is 3.41. The first-order valence-corrected chi connectivity index (χ1v) is 11.8. The number of amides is 2. The highest BCUT2D eigenvalue weighted by Gasteiger charge is 2.32. The molecule has 6 heteroatoms. The minimum absolute atomic E-state index is 0.0335. The highest BCUT2D eigenvalue weighted by Crippen LogP contribution is 2.30. The van der Waals surface area contributed by atoms with E-state index in [9.17, 15) is 9.59 Å². The highest BCUT2D eigenvalue weighted by atomic mass is 16.4. The molecule has 0 aliphatic carbocycles. The predicted octanol–water partition coefficient (Wildman–Crippen LogP) is 4.79. The van der Waals surface area contributed by atoms with Crippen LogP contribution in [0, 0.1) is 12.8 Å². The summed E-state index contributed by atoms with van der Waals surface area (Å²) in [6, 6.07) is 15.5. The van der Waals surface area contributed by atoms with Gasteiger partial charge in [0.05, 0.1) is 11.8 Å². The van der Waals surface area contributed by atoms with Crippen molar-refractivity contribution in [3.8, 4) is 22.8 Å². The largest absolute Gasteiger partial charge is 0.436 e. The molecule has 0 saturated carbocycles. The van der Waals surface area contributed by atoms with Gasteiger partial charge in [-0.3, -0.25) is 9.59 Å². The molecule has 6 nitrogen and oxygen atoms in total. The molecule has 0 N–H and O–H groups in total. The molecule has 0 atom stereocenters. The number of nitrogens with zero attached hydrogens (tertiary/aromatic N) is 3. The van der Waals surface area contributed by atoms with E-state index in [0.29, 0.717) is 35.9 Å². The van der Waals surface area contributed by atoms with Gasteiger partial charge in [0.1, 0.15) is 0 Å². The molecule has 2 saturated heterocycles. The third-order valence-corrected chi connectivity index (χ3v) is 6.78. The van der Waals surface area contributed by atoms with E-state index in [1.54, 1.807) is 6.20 Å². The first-order chi connectivity index (χ1) is 16.1. The number of carbonyl (C=O) groups excluding carboxylic acids is 2. The maximum atomic E-state index is 13.4. The fourth-order valence-corrected chi connectivity index (χ4v) is 4.80. The van der Waals surface area contributed by atoms with E-state index < -0.39 is 0 Å². The summed E-state index contributed by atoms with van der Waals surface area (Å²) in [7, 11) is 0. The van der Waals surface area contributed by atoms with Gasteiger partial charge in [0.25, 0.3) is 5.91 Å². The van der Waals surface area contributed by atoms with Gasteiger partial charge in [0, 0.05) is 43.2 Å². The van der Waals surface area contributed by atoms with Crippen molar-refractivity contribution in [2.45, 2.75) is 32.6 Å². The molecule has 2 aliphatic rings. The van der Waals surface area contributed by atoms with Crippen LogP contribution in [0.1, 0.15) is 41.6 Å². The van der Waals surface area contributed by atoms with E-state index in [2.05, 4.69) is 4.98 Å². The van der Waals surface area contributed by atoms with Crippen LogP contribution in [0.3, 0.4) is 0 Å². The fourth-order valence-electron chi connectivity index (χ4n) is 4.80. The van der Waals surface area contributed by atoms with Crippen molar-refractivity contribution in [2.24, 2.45) is 5.92 Å². The molecule has 5 rings (SSSR count). The van der Waals surface area contributed by atoms with E-state index in [1.807, 2.05) is 65.3 Å². The average molecular weight is 444 g/mol. The molecule has 3 aromatic rings. The Hall–Kier alpha value is -3.41. The lowest BCUT2D eigenvalue weighted by Crippen LogP contribution is -2.43. The number of piperidine rings is 1. The number of carbonyl (C=O) groups is 2. The Morgan fingerprint density at radius 3 is 2.33 bits per heavy atom. The zero-order valence-corrected chi connectivity index (χ0v) is 19.0. The Balaban J connectivity index is 1.31. The lowest BCUT2D eigenvalue weighted by atomic mass is 9.94. The van der Waals surface area contributed by atoms with Crippen LogP contribution in [0.15, 0.2) is 59.1 Å². The molecular formula is C27H29N3O3. The summed E-state index contributed by atoms with van der Waals surface area (Å²) in [6.45, 7) is 5.00. The summed E-state index contributed by atoms with van der Waals surface area (Å²) >= 11 is 0. The van der Waals surface area contributed by atoms with Gasteiger partial charge in [0.2, 0.25) is 11.8 Å². The Bertz CT molecular complexity index is 1140. The zero-order chi connectivity index (χ0) is 22.8. The number of likely N-dealkylation sites (tertiary alicyclic amines) is 2. The van der Waals surface area contributed by atoms with E-state index >= 15 is 0 Å². The minimum atomic E-state index is -0.0345. The summed E-state index contributed by atoms with van der Waals surface area (Å²) in [5, 5.41) is 0. The van der Waals surface area contributed by atoms with Gasteiger partial charge in [-0.1, -0.05) is 42.0 Å². The van der Waals surface area contributed by atoms with E-state index in [-0.39, 0.29) is 17.7 Å². The van der Waals surface area contributed by atoms with Gasteiger partial charge < -0.3 is 14.2 Å². The smallest absolute Gasteiger partial charge is 0.254 e. The molecule has 0 radical (unpaired) electrons. The molecule has 0 spiro atoms. The Labute approximate surface area is 194 Å². The van der Waals surface area contributed by atoms with Crippen molar-refractivity contribution in [1.29, 1.82) is 0 Å². The SMILES string of the molecule is Cc1ccc(-c2cnc(-c3ccccc3C(=O)N3CCC(C(=O)N4CCCC4)CC3)o2)cc1. The second-order valence-electron chi connectivity index (χ2n) is 9.04. The summed E-state index contributed by atoms with van der Waals surface area (Å²) in [5.74, 6) is 1.38. The Morgan fingerprint density at radius 1 is 0.909 bits per heavy atom. The number of hydrogen-bond donors (Lipinski definition) is 0. The van der Waals surface area contributed by atoms with E-state index in [1.165, 1.54) is 5.56 Å².